The van der Waals surface area contributed by atoms with E-state index in [1.54, 1.807) is 0 Å². The van der Waals surface area contributed by atoms with E-state index in [0.717, 1.165) is 24.3 Å². The third-order valence-electron chi connectivity index (χ3n) is 4.29. The molecule has 1 atom stereocenters. The maximum absolute atomic E-state index is 13.0. The van der Waals surface area contributed by atoms with Gasteiger partial charge in [0.1, 0.15) is 0 Å². The fourth-order valence-electron chi connectivity index (χ4n) is 2.94. The Kier molecular flexibility index (Phi) is 6.02. The van der Waals surface area contributed by atoms with Crippen molar-refractivity contribution in [1.82, 2.24) is 4.90 Å². The lowest BCUT2D eigenvalue weighted by Gasteiger charge is -2.27. The summed E-state index contributed by atoms with van der Waals surface area (Å²) in [6.07, 6.45) is -1.95. The highest BCUT2D eigenvalue weighted by Gasteiger charge is 2.44. The number of nitro groups is 1. The van der Waals surface area contributed by atoms with Gasteiger partial charge in [0.25, 0.3) is 17.5 Å². The van der Waals surface area contributed by atoms with Crippen LogP contribution in [-0.4, -0.2) is 33.1 Å². The summed E-state index contributed by atoms with van der Waals surface area (Å²) in [5, 5.41) is 11.0. The minimum atomic E-state index is -4.68. The molecule has 0 saturated carbocycles. The second kappa shape index (κ2) is 8.38. The van der Waals surface area contributed by atoms with E-state index < -0.39 is 51.9 Å². The van der Waals surface area contributed by atoms with Gasteiger partial charge in [0.05, 0.1) is 16.1 Å². The van der Waals surface area contributed by atoms with Crippen LogP contribution in [0.5, 0.6) is 0 Å². The minimum Gasteiger partial charge on any atom is -0.437 e. The second-order valence-electron chi connectivity index (χ2n) is 6.25. The van der Waals surface area contributed by atoms with E-state index >= 15 is 0 Å². The zero-order valence-corrected chi connectivity index (χ0v) is 16.5. The number of imide groups is 1. The van der Waals surface area contributed by atoms with Crippen LogP contribution in [0.2, 0.25) is 0 Å². The summed E-state index contributed by atoms with van der Waals surface area (Å²) in [5.74, 6) is -2.83. The van der Waals surface area contributed by atoms with Crippen LogP contribution in [0.25, 0.3) is 0 Å². The number of nitrogens with zero attached hydrogens (tertiary/aromatic N) is 2. The van der Waals surface area contributed by atoms with Gasteiger partial charge < -0.3 is 4.74 Å². The first kappa shape index (κ1) is 22.3. The molecule has 162 valence electrons. The molecule has 12 heteroatoms. The lowest BCUT2D eigenvalue weighted by molar-refractivity contribution is -0.384. The Hall–Kier alpha value is -3.41. The van der Waals surface area contributed by atoms with Gasteiger partial charge in [-0.3, -0.25) is 24.5 Å². The zero-order chi connectivity index (χ0) is 22.9. The van der Waals surface area contributed by atoms with Crippen molar-refractivity contribution in [2.24, 2.45) is 0 Å². The maximum Gasteiger partial charge on any atom is 0.446 e. The van der Waals surface area contributed by atoms with Gasteiger partial charge in [-0.2, -0.15) is 13.2 Å². The molecule has 2 aromatic rings. The molecule has 0 aliphatic carbocycles. The summed E-state index contributed by atoms with van der Waals surface area (Å²) in [5.41, 5.74) is -5.85. The van der Waals surface area contributed by atoms with E-state index in [1.165, 1.54) is 25.1 Å². The Balaban J connectivity index is 2.11. The van der Waals surface area contributed by atoms with E-state index in [2.05, 4.69) is 0 Å². The number of carbonyl (C=O) groups excluding carboxylic acids is 3. The van der Waals surface area contributed by atoms with Crippen LogP contribution in [0.4, 0.5) is 18.9 Å². The largest absolute Gasteiger partial charge is 0.446 e. The van der Waals surface area contributed by atoms with Crippen molar-refractivity contribution >= 4 is 35.2 Å². The molecule has 0 N–H and O–H groups in total. The molecule has 1 aliphatic heterocycles. The first-order chi connectivity index (χ1) is 14.5. The van der Waals surface area contributed by atoms with Gasteiger partial charge >= 0.3 is 11.5 Å². The average molecular weight is 454 g/mol. The minimum absolute atomic E-state index is 0.167. The van der Waals surface area contributed by atoms with Crippen molar-refractivity contribution in [2.75, 3.05) is 0 Å². The van der Waals surface area contributed by atoms with Crippen molar-refractivity contribution < 1.29 is 37.2 Å². The Labute approximate surface area is 177 Å². The third-order valence-corrected chi connectivity index (χ3v) is 5.11. The number of amides is 2. The first-order valence-corrected chi connectivity index (χ1v) is 9.55. The van der Waals surface area contributed by atoms with Crippen LogP contribution in [0.15, 0.2) is 47.4 Å². The van der Waals surface area contributed by atoms with Crippen LogP contribution >= 0.6 is 11.8 Å². The van der Waals surface area contributed by atoms with Crippen LogP contribution in [0.1, 0.15) is 45.9 Å². The van der Waals surface area contributed by atoms with Crippen molar-refractivity contribution in [3.63, 3.8) is 0 Å². The fraction of sp³-hybridized carbons (Fsp3) is 0.211. The highest BCUT2D eigenvalue weighted by molar-refractivity contribution is 8.00. The van der Waals surface area contributed by atoms with Crippen molar-refractivity contribution in [3.05, 3.63) is 69.3 Å². The summed E-state index contributed by atoms with van der Waals surface area (Å²) in [4.78, 5) is 48.2. The molecule has 8 nitrogen and oxygen atoms in total. The predicted molar refractivity (Wildman–Crippen MR) is 101 cm³/mol. The summed E-state index contributed by atoms with van der Waals surface area (Å²) >= 11 is -0.488. The Morgan fingerprint density at radius 2 is 1.81 bits per heavy atom. The van der Waals surface area contributed by atoms with Gasteiger partial charge in [0.2, 0.25) is 6.23 Å². The molecule has 0 saturated heterocycles. The molecular weight excluding hydrogens is 441 g/mol. The average Bonchev–Trinajstić information content (AvgIpc) is 2.95. The number of esters is 1. The second-order valence-corrected chi connectivity index (χ2v) is 7.36. The van der Waals surface area contributed by atoms with Gasteiger partial charge in [-0.25, -0.2) is 4.90 Å². The summed E-state index contributed by atoms with van der Waals surface area (Å²) in [7, 11) is 0. The van der Waals surface area contributed by atoms with E-state index in [-0.39, 0.29) is 28.0 Å². The molecule has 1 heterocycles. The standard InChI is InChI=1S/C19H13F3N2O6S/c1-2-15(25)30-18(12-5-3-4-6-14(12)31-19(20,21)22)23-16(26)11-8-7-10(24(28)29)9-13(11)17(23)27/h3-9,18H,2H2,1H3. The maximum atomic E-state index is 13.0. The van der Waals surface area contributed by atoms with Gasteiger partial charge in [0.15, 0.2) is 0 Å². The van der Waals surface area contributed by atoms with Crippen molar-refractivity contribution in [3.8, 4) is 0 Å². The van der Waals surface area contributed by atoms with Gasteiger partial charge in [-0.15, -0.1) is 0 Å². The Bertz CT molecular complexity index is 1090. The number of rotatable bonds is 6. The molecule has 0 spiro atoms. The van der Waals surface area contributed by atoms with Gasteiger partial charge in [-0.05, 0) is 23.9 Å². The zero-order valence-electron chi connectivity index (χ0n) is 15.7. The SMILES string of the molecule is CCC(=O)OC(c1ccccc1SC(F)(F)F)N1C(=O)c2ccc([N+](=O)[O-])cc2C1=O. The number of alkyl halides is 3. The highest BCUT2D eigenvalue weighted by atomic mass is 32.2. The number of hydrogen-bond acceptors (Lipinski definition) is 7. The predicted octanol–water partition coefficient (Wildman–Crippen LogP) is 4.45. The molecule has 2 amide bonds. The molecule has 0 radical (unpaired) electrons. The Morgan fingerprint density at radius 1 is 1.16 bits per heavy atom. The number of fused-ring (bicyclic) bond motifs is 1. The molecular formula is C19H13F3N2O6S. The molecule has 0 aromatic heterocycles. The third kappa shape index (κ3) is 4.53. The lowest BCUT2D eigenvalue weighted by Crippen LogP contribution is -2.37. The molecule has 2 aromatic carbocycles. The van der Waals surface area contributed by atoms with E-state index in [1.807, 2.05) is 0 Å². The molecule has 1 unspecified atom stereocenters. The normalized spacial score (nSPS) is 14.4. The van der Waals surface area contributed by atoms with E-state index in [0.29, 0.717) is 4.90 Å². The lowest BCUT2D eigenvalue weighted by atomic mass is 10.1. The smallest absolute Gasteiger partial charge is 0.437 e. The van der Waals surface area contributed by atoms with Crippen molar-refractivity contribution in [2.45, 2.75) is 30.0 Å². The molecule has 1 aliphatic rings. The van der Waals surface area contributed by atoms with Gasteiger partial charge in [0, 0.05) is 29.0 Å². The first-order valence-electron chi connectivity index (χ1n) is 8.74. The Morgan fingerprint density at radius 3 is 2.42 bits per heavy atom. The van der Waals surface area contributed by atoms with Crippen LogP contribution < -0.4 is 0 Å². The molecule has 3 rings (SSSR count). The summed E-state index contributed by atoms with van der Waals surface area (Å²) in [6.45, 7) is 1.43. The fourth-order valence-corrected chi connectivity index (χ4v) is 3.62. The number of non-ortho nitro benzene ring substituents is 1. The van der Waals surface area contributed by atoms with Crippen molar-refractivity contribution in [1.29, 1.82) is 0 Å². The topological polar surface area (TPSA) is 107 Å². The monoisotopic (exact) mass is 454 g/mol. The van der Waals surface area contributed by atoms with E-state index in [4.69, 9.17) is 4.74 Å². The number of hydrogen-bond donors (Lipinski definition) is 0. The highest BCUT2D eigenvalue weighted by Crippen LogP contribution is 2.43. The molecule has 31 heavy (non-hydrogen) atoms. The number of halogens is 3. The van der Waals surface area contributed by atoms with E-state index in [9.17, 15) is 37.7 Å². The van der Waals surface area contributed by atoms with Crippen LogP contribution in [-0.2, 0) is 9.53 Å². The molecule has 0 fully saturated rings. The summed E-state index contributed by atoms with van der Waals surface area (Å²) in [6, 6.07) is 7.99. The number of thioether (sulfide) groups is 1. The van der Waals surface area contributed by atoms with Crippen LogP contribution in [0, 0.1) is 10.1 Å². The number of nitro benzene ring substituents is 1. The molecule has 0 bridgehead atoms. The summed E-state index contributed by atoms with van der Waals surface area (Å²) < 4.78 is 44.3. The number of ether oxygens (including phenoxy) is 1. The number of benzene rings is 2. The van der Waals surface area contributed by atoms with Crippen LogP contribution in [0.3, 0.4) is 0 Å². The van der Waals surface area contributed by atoms with Gasteiger partial charge in [-0.1, -0.05) is 25.1 Å². The quantitative estimate of drug-likeness (QED) is 0.209. The number of carbonyl (C=O) groups is 3.